The van der Waals surface area contributed by atoms with Gasteiger partial charge in [-0.1, -0.05) is 42.8 Å². The van der Waals surface area contributed by atoms with Crippen LogP contribution in [0, 0.1) is 5.82 Å². The summed E-state index contributed by atoms with van der Waals surface area (Å²) in [4.78, 5) is 17.0. The molecule has 0 spiro atoms. The molecule has 0 atom stereocenters. The fourth-order valence-electron chi connectivity index (χ4n) is 4.22. The maximum Gasteiger partial charge on any atom is 0.227 e. The summed E-state index contributed by atoms with van der Waals surface area (Å²) < 4.78 is 15.1. The molecule has 0 saturated carbocycles. The number of benzene rings is 2. The quantitative estimate of drug-likeness (QED) is 0.522. The highest BCUT2D eigenvalue weighted by molar-refractivity contribution is 6.32. The third-order valence-electron chi connectivity index (χ3n) is 5.92. The number of rotatable bonds is 7. The second kappa shape index (κ2) is 9.84. The van der Waals surface area contributed by atoms with E-state index in [-0.39, 0.29) is 18.1 Å². The molecular formula is C25H28ClFN4O. The largest absolute Gasteiger partial charge is 0.339 e. The summed E-state index contributed by atoms with van der Waals surface area (Å²) in [5.41, 5.74) is 4.91. The average Bonchev–Trinajstić information content (AvgIpc) is 3.13. The number of carbonyl (C=O) groups excluding carboxylic acids is 1. The lowest BCUT2D eigenvalue weighted by Crippen LogP contribution is -2.33. The molecule has 3 aromatic rings. The number of likely N-dealkylation sites (N-methyl/N-ethyl adjacent to an activating group) is 1. The van der Waals surface area contributed by atoms with Crippen LogP contribution in [0.5, 0.6) is 0 Å². The fraction of sp³-hybridized carbons (Fsp3) is 0.360. The van der Waals surface area contributed by atoms with Crippen molar-refractivity contribution >= 4 is 17.5 Å². The van der Waals surface area contributed by atoms with Gasteiger partial charge in [0, 0.05) is 32.1 Å². The van der Waals surface area contributed by atoms with Crippen molar-refractivity contribution < 1.29 is 9.18 Å². The highest BCUT2D eigenvalue weighted by Gasteiger charge is 2.27. The summed E-state index contributed by atoms with van der Waals surface area (Å²) in [6, 6.07) is 13.8. The van der Waals surface area contributed by atoms with Crippen molar-refractivity contribution in [3.8, 4) is 5.69 Å². The van der Waals surface area contributed by atoms with Crippen LogP contribution in [-0.4, -0.2) is 45.6 Å². The zero-order valence-electron chi connectivity index (χ0n) is 18.5. The number of hydrogen-bond donors (Lipinski definition) is 0. The number of nitrogens with zero attached hydrogens (tertiary/aromatic N) is 4. The lowest BCUT2D eigenvalue weighted by molar-refractivity contribution is -0.129. The monoisotopic (exact) mass is 454 g/mol. The molecule has 7 heteroatoms. The maximum absolute atomic E-state index is 13.2. The minimum absolute atomic E-state index is 0.0288. The van der Waals surface area contributed by atoms with E-state index in [0.29, 0.717) is 11.6 Å². The lowest BCUT2D eigenvalue weighted by atomic mass is 10.0. The topological polar surface area (TPSA) is 41.4 Å². The Morgan fingerprint density at radius 2 is 1.94 bits per heavy atom. The zero-order chi connectivity index (χ0) is 22.7. The second-order valence-corrected chi connectivity index (χ2v) is 8.72. The third kappa shape index (κ3) is 4.87. The van der Waals surface area contributed by atoms with Crippen LogP contribution in [0.25, 0.3) is 5.69 Å². The van der Waals surface area contributed by atoms with E-state index in [1.54, 1.807) is 24.1 Å². The number of carbonyl (C=O) groups is 1. The Morgan fingerprint density at radius 1 is 1.19 bits per heavy atom. The first-order valence-electron chi connectivity index (χ1n) is 11.0. The van der Waals surface area contributed by atoms with Gasteiger partial charge in [0.2, 0.25) is 5.91 Å². The van der Waals surface area contributed by atoms with E-state index in [1.807, 2.05) is 28.9 Å². The Hall–Kier alpha value is -2.70. The Morgan fingerprint density at radius 3 is 2.66 bits per heavy atom. The molecule has 0 unspecified atom stereocenters. The number of halogens is 2. The van der Waals surface area contributed by atoms with Gasteiger partial charge in [0.15, 0.2) is 0 Å². The first kappa shape index (κ1) is 22.5. The molecule has 168 valence electrons. The number of aromatic nitrogens is 2. The number of fused-ring (bicyclic) bond motifs is 1. The van der Waals surface area contributed by atoms with E-state index in [4.69, 9.17) is 16.7 Å². The van der Waals surface area contributed by atoms with E-state index in [0.717, 1.165) is 49.4 Å². The van der Waals surface area contributed by atoms with Crippen LogP contribution in [0.15, 0.2) is 48.5 Å². The van der Waals surface area contributed by atoms with Crippen LogP contribution < -0.4 is 0 Å². The number of para-hydroxylation sites is 1. The number of hydrogen-bond acceptors (Lipinski definition) is 3. The molecular weight excluding hydrogens is 427 g/mol. The second-order valence-electron chi connectivity index (χ2n) is 8.31. The predicted molar refractivity (Wildman–Crippen MR) is 124 cm³/mol. The summed E-state index contributed by atoms with van der Waals surface area (Å²) in [6.45, 7) is 5.44. The normalized spacial score (nSPS) is 13.8. The van der Waals surface area contributed by atoms with Crippen molar-refractivity contribution in [2.45, 2.75) is 39.3 Å². The molecule has 1 amide bonds. The van der Waals surface area contributed by atoms with E-state index in [9.17, 15) is 9.18 Å². The smallest absolute Gasteiger partial charge is 0.227 e. The Bertz CT molecular complexity index is 1100. The molecule has 0 radical (unpaired) electrons. The SMILES string of the molecule is CCCN1CCc2c(c(CN(C)C(=O)Cc3ccc(F)cc3)nn2-c2ccccc2Cl)C1. The van der Waals surface area contributed by atoms with Crippen molar-refractivity contribution in [1.82, 2.24) is 19.6 Å². The molecule has 0 N–H and O–H groups in total. The van der Waals surface area contributed by atoms with E-state index >= 15 is 0 Å². The van der Waals surface area contributed by atoms with Crippen LogP contribution >= 0.6 is 11.6 Å². The molecule has 0 bridgehead atoms. The third-order valence-corrected chi connectivity index (χ3v) is 6.24. The van der Waals surface area contributed by atoms with Gasteiger partial charge in [-0.2, -0.15) is 5.10 Å². The van der Waals surface area contributed by atoms with Gasteiger partial charge in [-0.05, 0) is 42.8 Å². The summed E-state index contributed by atoms with van der Waals surface area (Å²) in [5, 5.41) is 5.57. The number of amides is 1. The molecule has 0 aliphatic carbocycles. The molecule has 2 heterocycles. The zero-order valence-corrected chi connectivity index (χ0v) is 19.3. The van der Waals surface area contributed by atoms with E-state index < -0.39 is 0 Å². The van der Waals surface area contributed by atoms with E-state index in [1.165, 1.54) is 23.4 Å². The molecule has 0 saturated heterocycles. The summed E-state index contributed by atoms with van der Waals surface area (Å²) in [7, 11) is 1.79. The molecule has 2 aromatic carbocycles. The molecule has 32 heavy (non-hydrogen) atoms. The molecule has 0 fully saturated rings. The van der Waals surface area contributed by atoms with Crippen LogP contribution in [0.4, 0.5) is 4.39 Å². The molecule has 1 aliphatic rings. The van der Waals surface area contributed by atoms with Crippen molar-refractivity contribution in [3.63, 3.8) is 0 Å². The van der Waals surface area contributed by atoms with Gasteiger partial charge >= 0.3 is 0 Å². The average molecular weight is 455 g/mol. The standard InChI is InChI=1S/C25H28ClFN4O/c1-3-13-30-14-12-23-20(16-30)22(28-31(23)24-7-5-4-6-21(24)26)17-29(2)25(32)15-18-8-10-19(27)11-9-18/h4-11H,3,12-17H2,1-2H3. The first-order chi connectivity index (χ1) is 15.5. The molecule has 1 aliphatic heterocycles. The highest BCUT2D eigenvalue weighted by Crippen LogP contribution is 2.29. The highest BCUT2D eigenvalue weighted by atomic mass is 35.5. The predicted octanol–water partition coefficient (Wildman–Crippen LogP) is 4.63. The van der Waals surface area contributed by atoms with Crippen LogP contribution in [0.2, 0.25) is 5.02 Å². The van der Waals surface area contributed by atoms with Gasteiger partial charge in [0.25, 0.3) is 0 Å². The van der Waals surface area contributed by atoms with Crippen LogP contribution in [0.1, 0.15) is 35.9 Å². The maximum atomic E-state index is 13.2. The fourth-order valence-corrected chi connectivity index (χ4v) is 4.44. The molecule has 5 nitrogen and oxygen atoms in total. The van der Waals surface area contributed by atoms with Gasteiger partial charge in [-0.15, -0.1) is 0 Å². The van der Waals surface area contributed by atoms with Crippen LogP contribution in [0.3, 0.4) is 0 Å². The summed E-state index contributed by atoms with van der Waals surface area (Å²) in [5.74, 6) is -0.332. The van der Waals surface area contributed by atoms with Crippen molar-refractivity contribution in [2.24, 2.45) is 0 Å². The van der Waals surface area contributed by atoms with Crippen LogP contribution in [-0.2, 0) is 30.7 Å². The Balaban J connectivity index is 1.60. The van der Waals surface area contributed by atoms with Gasteiger partial charge in [0.05, 0.1) is 35.1 Å². The van der Waals surface area contributed by atoms with Gasteiger partial charge in [0.1, 0.15) is 5.82 Å². The van der Waals surface area contributed by atoms with Gasteiger partial charge in [-0.25, -0.2) is 9.07 Å². The first-order valence-corrected chi connectivity index (χ1v) is 11.4. The Kier molecular flexibility index (Phi) is 6.92. The summed E-state index contributed by atoms with van der Waals surface area (Å²) >= 11 is 6.48. The van der Waals surface area contributed by atoms with Crippen molar-refractivity contribution in [2.75, 3.05) is 20.1 Å². The van der Waals surface area contributed by atoms with Crippen molar-refractivity contribution in [1.29, 1.82) is 0 Å². The van der Waals surface area contributed by atoms with Gasteiger partial charge < -0.3 is 4.90 Å². The van der Waals surface area contributed by atoms with Gasteiger partial charge in [-0.3, -0.25) is 9.69 Å². The minimum atomic E-state index is -0.303. The molecule has 1 aromatic heterocycles. The lowest BCUT2D eigenvalue weighted by Gasteiger charge is -2.27. The molecule has 4 rings (SSSR count). The van der Waals surface area contributed by atoms with E-state index in [2.05, 4.69) is 11.8 Å². The minimum Gasteiger partial charge on any atom is -0.339 e. The van der Waals surface area contributed by atoms with Crippen molar-refractivity contribution in [3.05, 3.63) is 81.9 Å². The summed E-state index contributed by atoms with van der Waals surface area (Å²) in [6.07, 6.45) is 2.21. The Labute approximate surface area is 193 Å².